The molecule has 1 heterocycles. The van der Waals surface area contributed by atoms with Gasteiger partial charge < -0.3 is 20.1 Å². The van der Waals surface area contributed by atoms with Crippen molar-refractivity contribution in [2.45, 2.75) is 6.92 Å². The summed E-state index contributed by atoms with van der Waals surface area (Å²) in [6, 6.07) is 14.0. The zero-order valence-corrected chi connectivity index (χ0v) is 16.0. The van der Waals surface area contributed by atoms with Crippen LogP contribution < -0.4 is 15.4 Å². The third-order valence-electron chi connectivity index (χ3n) is 3.92. The predicted molar refractivity (Wildman–Crippen MR) is 109 cm³/mol. The molecule has 0 unspecified atom stereocenters. The van der Waals surface area contributed by atoms with Gasteiger partial charge in [0.25, 0.3) is 5.91 Å². The topological polar surface area (TPSA) is 102 Å². The lowest BCUT2D eigenvalue weighted by Gasteiger charge is -2.10. The van der Waals surface area contributed by atoms with Crippen molar-refractivity contribution in [3.05, 3.63) is 72.1 Å². The van der Waals surface area contributed by atoms with Gasteiger partial charge in [-0.15, -0.1) is 0 Å². The van der Waals surface area contributed by atoms with Gasteiger partial charge in [0.15, 0.2) is 0 Å². The molecular weight excluding hydrogens is 372 g/mol. The van der Waals surface area contributed by atoms with Crippen molar-refractivity contribution in [3.8, 4) is 5.75 Å². The summed E-state index contributed by atoms with van der Waals surface area (Å²) < 4.78 is 10.1. The highest BCUT2D eigenvalue weighted by Crippen LogP contribution is 2.19. The Morgan fingerprint density at radius 1 is 1.00 bits per heavy atom. The van der Waals surface area contributed by atoms with Crippen molar-refractivity contribution in [3.63, 3.8) is 0 Å². The van der Waals surface area contributed by atoms with Gasteiger partial charge >= 0.3 is 5.97 Å². The Hall–Kier alpha value is -3.94. The zero-order chi connectivity index (χ0) is 20.6. The molecule has 8 nitrogen and oxygen atoms in total. The lowest BCUT2D eigenvalue weighted by molar-refractivity contribution is 0.0602. The molecular formula is C21H20N4O4. The van der Waals surface area contributed by atoms with Gasteiger partial charge in [0.1, 0.15) is 5.75 Å². The van der Waals surface area contributed by atoms with Crippen LogP contribution in [0.5, 0.6) is 5.75 Å². The summed E-state index contributed by atoms with van der Waals surface area (Å²) in [5.41, 5.74) is 1.65. The molecule has 0 saturated heterocycles. The van der Waals surface area contributed by atoms with Crippen LogP contribution in [-0.4, -0.2) is 35.6 Å². The van der Waals surface area contributed by atoms with Crippen LogP contribution in [0.25, 0.3) is 0 Å². The van der Waals surface area contributed by atoms with Crippen LogP contribution in [0, 0.1) is 0 Å². The minimum atomic E-state index is -0.535. The number of hydrogen-bond acceptors (Lipinski definition) is 7. The molecule has 0 spiro atoms. The highest BCUT2D eigenvalue weighted by atomic mass is 16.5. The van der Waals surface area contributed by atoms with Crippen LogP contribution in [0.15, 0.2) is 60.9 Å². The number of nitrogens with one attached hydrogen (secondary N) is 2. The first-order chi connectivity index (χ1) is 14.1. The summed E-state index contributed by atoms with van der Waals surface area (Å²) in [5, 5.41) is 5.73. The van der Waals surface area contributed by atoms with Crippen molar-refractivity contribution in [2.24, 2.45) is 0 Å². The molecule has 1 aromatic heterocycles. The van der Waals surface area contributed by atoms with Gasteiger partial charge in [-0.05, 0) is 43.3 Å². The number of para-hydroxylation sites is 1. The maximum absolute atomic E-state index is 12.5. The summed E-state index contributed by atoms with van der Waals surface area (Å²) in [6.45, 7) is 2.52. The standard InChI is InChI=1S/C21H20N4O4/c1-3-29-16-10-8-15(9-11-16)24-21-22-12-14(13-23-21)19(26)25-18-7-5-4-6-17(18)20(27)28-2/h4-13H,3H2,1-2H3,(H,25,26)(H,22,23,24). The van der Waals surface area contributed by atoms with Crippen molar-refractivity contribution >= 4 is 29.2 Å². The van der Waals surface area contributed by atoms with Crippen molar-refractivity contribution in [1.29, 1.82) is 0 Å². The largest absolute Gasteiger partial charge is 0.494 e. The van der Waals surface area contributed by atoms with E-state index in [0.717, 1.165) is 11.4 Å². The molecule has 29 heavy (non-hydrogen) atoms. The Balaban J connectivity index is 1.67. The second-order valence-corrected chi connectivity index (χ2v) is 5.87. The van der Waals surface area contributed by atoms with Crippen molar-refractivity contribution in [1.82, 2.24) is 9.97 Å². The lowest BCUT2D eigenvalue weighted by atomic mass is 10.1. The summed E-state index contributed by atoms with van der Waals surface area (Å²) in [7, 11) is 1.28. The number of benzene rings is 2. The third kappa shape index (κ3) is 5.07. The van der Waals surface area contributed by atoms with E-state index in [1.807, 2.05) is 31.2 Å². The minimum absolute atomic E-state index is 0.252. The van der Waals surface area contributed by atoms with E-state index < -0.39 is 11.9 Å². The number of anilines is 3. The number of methoxy groups -OCH3 is 1. The molecule has 8 heteroatoms. The van der Waals surface area contributed by atoms with E-state index in [1.54, 1.807) is 24.3 Å². The number of ether oxygens (including phenoxy) is 2. The average molecular weight is 392 g/mol. The van der Waals surface area contributed by atoms with Gasteiger partial charge in [0.2, 0.25) is 5.95 Å². The van der Waals surface area contributed by atoms with Gasteiger partial charge in [-0.2, -0.15) is 0 Å². The van der Waals surface area contributed by atoms with Crippen molar-refractivity contribution < 1.29 is 19.1 Å². The molecule has 0 atom stereocenters. The molecule has 3 rings (SSSR count). The maximum atomic E-state index is 12.5. The van der Waals surface area contributed by atoms with E-state index in [2.05, 4.69) is 20.6 Å². The fourth-order valence-corrected chi connectivity index (χ4v) is 2.51. The van der Waals surface area contributed by atoms with E-state index in [-0.39, 0.29) is 11.1 Å². The van der Waals surface area contributed by atoms with E-state index in [1.165, 1.54) is 19.5 Å². The average Bonchev–Trinajstić information content (AvgIpc) is 2.75. The molecule has 2 aromatic carbocycles. The SMILES string of the molecule is CCOc1ccc(Nc2ncc(C(=O)Nc3ccccc3C(=O)OC)cn2)cc1. The van der Waals surface area contributed by atoms with E-state index in [0.29, 0.717) is 18.2 Å². The molecule has 0 saturated carbocycles. The number of hydrogen-bond donors (Lipinski definition) is 2. The van der Waals surface area contributed by atoms with Gasteiger partial charge in [-0.1, -0.05) is 12.1 Å². The predicted octanol–water partition coefficient (Wildman–Crippen LogP) is 3.66. The zero-order valence-electron chi connectivity index (χ0n) is 16.0. The van der Waals surface area contributed by atoms with E-state index in [4.69, 9.17) is 9.47 Å². The molecule has 0 radical (unpaired) electrons. The van der Waals surface area contributed by atoms with Gasteiger partial charge in [0.05, 0.1) is 30.5 Å². The summed E-state index contributed by atoms with van der Waals surface area (Å²) in [4.78, 5) is 32.6. The lowest BCUT2D eigenvalue weighted by Crippen LogP contribution is -2.16. The number of esters is 1. The number of carbonyl (C=O) groups is 2. The van der Waals surface area contributed by atoms with Gasteiger partial charge in [0, 0.05) is 18.1 Å². The highest BCUT2D eigenvalue weighted by Gasteiger charge is 2.15. The van der Waals surface area contributed by atoms with Crippen LogP contribution in [0.4, 0.5) is 17.3 Å². The minimum Gasteiger partial charge on any atom is -0.494 e. The molecule has 0 aliphatic heterocycles. The second kappa shape index (κ2) is 9.32. The number of amides is 1. The van der Waals surface area contributed by atoms with Crippen molar-refractivity contribution in [2.75, 3.05) is 24.4 Å². The number of carbonyl (C=O) groups excluding carboxylic acids is 2. The molecule has 3 aromatic rings. The maximum Gasteiger partial charge on any atom is 0.339 e. The molecule has 0 aliphatic carbocycles. The Bertz CT molecular complexity index is 988. The molecule has 1 amide bonds. The summed E-state index contributed by atoms with van der Waals surface area (Å²) >= 11 is 0. The Labute approximate surface area is 167 Å². The van der Waals surface area contributed by atoms with Crippen LogP contribution in [-0.2, 0) is 4.74 Å². The number of aromatic nitrogens is 2. The Morgan fingerprint density at radius 3 is 2.34 bits per heavy atom. The number of nitrogens with zero attached hydrogens (tertiary/aromatic N) is 2. The molecule has 2 N–H and O–H groups in total. The Kier molecular flexibility index (Phi) is 6.36. The fraction of sp³-hybridized carbons (Fsp3) is 0.143. The summed E-state index contributed by atoms with van der Waals surface area (Å²) in [6.07, 6.45) is 2.81. The quantitative estimate of drug-likeness (QED) is 0.592. The molecule has 0 fully saturated rings. The number of rotatable bonds is 7. The van der Waals surface area contributed by atoms with E-state index >= 15 is 0 Å². The second-order valence-electron chi connectivity index (χ2n) is 5.87. The molecule has 0 bridgehead atoms. The first-order valence-electron chi connectivity index (χ1n) is 8.91. The third-order valence-corrected chi connectivity index (χ3v) is 3.92. The van der Waals surface area contributed by atoms with E-state index in [9.17, 15) is 9.59 Å². The first kappa shape index (κ1) is 19.8. The van der Waals surface area contributed by atoms with Crippen LogP contribution >= 0.6 is 0 Å². The van der Waals surface area contributed by atoms with Crippen LogP contribution in [0.1, 0.15) is 27.6 Å². The van der Waals surface area contributed by atoms with Gasteiger partial charge in [-0.3, -0.25) is 4.79 Å². The Morgan fingerprint density at radius 2 is 1.69 bits per heavy atom. The summed E-state index contributed by atoms with van der Waals surface area (Å²) in [5.74, 6) is 0.153. The first-order valence-corrected chi connectivity index (χ1v) is 8.91. The smallest absolute Gasteiger partial charge is 0.339 e. The molecule has 0 aliphatic rings. The van der Waals surface area contributed by atoms with Crippen LogP contribution in [0.2, 0.25) is 0 Å². The highest BCUT2D eigenvalue weighted by molar-refractivity contribution is 6.07. The monoisotopic (exact) mass is 392 g/mol. The van der Waals surface area contributed by atoms with Crippen LogP contribution in [0.3, 0.4) is 0 Å². The fourth-order valence-electron chi connectivity index (χ4n) is 2.51. The normalized spacial score (nSPS) is 10.1. The molecule has 148 valence electrons. The van der Waals surface area contributed by atoms with Gasteiger partial charge in [-0.25, -0.2) is 14.8 Å².